The summed E-state index contributed by atoms with van der Waals surface area (Å²) in [5.41, 5.74) is 1.94. The number of amides is 1. The van der Waals surface area contributed by atoms with Crippen LogP contribution in [0.25, 0.3) is 0 Å². The van der Waals surface area contributed by atoms with Crippen molar-refractivity contribution in [1.29, 1.82) is 0 Å². The van der Waals surface area contributed by atoms with Crippen molar-refractivity contribution in [1.82, 2.24) is 0 Å². The Labute approximate surface area is 180 Å². The molecule has 0 aliphatic carbocycles. The van der Waals surface area contributed by atoms with Crippen LogP contribution in [0.4, 0.5) is 5.69 Å². The van der Waals surface area contributed by atoms with Gasteiger partial charge in [0.15, 0.2) is 12.1 Å². The fourth-order valence-corrected chi connectivity index (χ4v) is 5.50. The largest absolute Gasteiger partial charge is 0.368 e. The van der Waals surface area contributed by atoms with Gasteiger partial charge in [-0.1, -0.05) is 48.5 Å². The zero-order chi connectivity index (χ0) is 20.7. The summed E-state index contributed by atoms with van der Waals surface area (Å²) in [5.74, 6) is -0.249. The number of hydrogen-bond donors (Lipinski definition) is 0. The molecule has 1 amide bonds. The molecule has 0 aromatic heterocycles. The SMILES string of the molecule is CC1(C)O[C@H]2O[C@H]([C@@H]3SCC(=O)N3c3ccccc3)[C@@H](OCc3ccccc3)[C@H]2O1. The Bertz CT molecular complexity index is 893. The highest BCUT2D eigenvalue weighted by molar-refractivity contribution is 8.01. The van der Waals surface area contributed by atoms with Crippen molar-refractivity contribution in [2.45, 2.75) is 56.2 Å². The van der Waals surface area contributed by atoms with Crippen molar-refractivity contribution in [3.63, 3.8) is 0 Å². The fraction of sp³-hybridized carbons (Fsp3) is 0.435. The third-order valence-electron chi connectivity index (χ3n) is 5.53. The number of para-hydroxylation sites is 1. The third kappa shape index (κ3) is 3.76. The zero-order valence-corrected chi connectivity index (χ0v) is 17.8. The molecule has 0 unspecified atom stereocenters. The Morgan fingerprint density at radius 1 is 1.03 bits per heavy atom. The van der Waals surface area contributed by atoms with E-state index in [0.29, 0.717) is 12.4 Å². The molecule has 30 heavy (non-hydrogen) atoms. The summed E-state index contributed by atoms with van der Waals surface area (Å²) in [6, 6.07) is 19.7. The molecule has 3 aliphatic rings. The van der Waals surface area contributed by atoms with Crippen molar-refractivity contribution in [2.24, 2.45) is 0 Å². The van der Waals surface area contributed by atoms with Gasteiger partial charge in [-0.05, 0) is 31.5 Å². The van der Waals surface area contributed by atoms with E-state index < -0.39 is 12.1 Å². The van der Waals surface area contributed by atoms with Crippen molar-refractivity contribution >= 4 is 23.4 Å². The van der Waals surface area contributed by atoms with Crippen molar-refractivity contribution in [3.05, 3.63) is 66.2 Å². The summed E-state index contributed by atoms with van der Waals surface area (Å²) in [4.78, 5) is 14.5. The minimum absolute atomic E-state index is 0.0702. The van der Waals surface area contributed by atoms with E-state index in [1.165, 1.54) is 0 Å². The number of carbonyl (C=O) groups excluding carboxylic acids is 1. The minimum Gasteiger partial charge on any atom is -0.368 e. The van der Waals surface area contributed by atoms with Crippen LogP contribution in [-0.4, -0.2) is 47.4 Å². The Morgan fingerprint density at radius 3 is 2.47 bits per heavy atom. The first kappa shape index (κ1) is 20.0. The molecule has 2 aromatic rings. The Morgan fingerprint density at radius 2 is 1.73 bits per heavy atom. The van der Waals surface area contributed by atoms with Gasteiger partial charge in [-0.2, -0.15) is 0 Å². The van der Waals surface area contributed by atoms with E-state index in [2.05, 4.69) is 0 Å². The molecule has 0 N–H and O–H groups in total. The zero-order valence-electron chi connectivity index (χ0n) is 17.0. The molecule has 3 heterocycles. The van der Waals surface area contributed by atoms with Gasteiger partial charge in [-0.3, -0.25) is 9.69 Å². The van der Waals surface area contributed by atoms with Gasteiger partial charge >= 0.3 is 0 Å². The first-order valence-electron chi connectivity index (χ1n) is 10.2. The molecule has 5 rings (SSSR count). The van der Waals surface area contributed by atoms with Crippen LogP contribution in [0.1, 0.15) is 19.4 Å². The number of benzene rings is 2. The lowest BCUT2D eigenvalue weighted by atomic mass is 10.1. The van der Waals surface area contributed by atoms with Gasteiger partial charge < -0.3 is 18.9 Å². The maximum absolute atomic E-state index is 12.7. The van der Waals surface area contributed by atoms with Crippen LogP contribution in [0.5, 0.6) is 0 Å². The lowest BCUT2D eigenvalue weighted by molar-refractivity contribution is -0.218. The van der Waals surface area contributed by atoms with E-state index in [0.717, 1.165) is 11.3 Å². The maximum Gasteiger partial charge on any atom is 0.238 e. The fourth-order valence-electron chi connectivity index (χ4n) is 4.25. The van der Waals surface area contributed by atoms with Crippen LogP contribution in [0.3, 0.4) is 0 Å². The molecule has 2 aromatic carbocycles. The molecule has 0 bridgehead atoms. The molecule has 3 aliphatic heterocycles. The second-order valence-corrected chi connectivity index (χ2v) is 9.24. The minimum atomic E-state index is -0.730. The summed E-state index contributed by atoms with van der Waals surface area (Å²) < 4.78 is 24.8. The number of anilines is 1. The Balaban J connectivity index is 1.41. The first-order chi connectivity index (χ1) is 14.5. The number of thioether (sulfide) groups is 1. The van der Waals surface area contributed by atoms with Gasteiger partial charge in [0.2, 0.25) is 5.91 Å². The van der Waals surface area contributed by atoms with E-state index in [4.69, 9.17) is 18.9 Å². The number of rotatable bonds is 5. The highest BCUT2D eigenvalue weighted by atomic mass is 32.2. The maximum atomic E-state index is 12.7. The second-order valence-electron chi connectivity index (χ2n) is 8.13. The van der Waals surface area contributed by atoms with Gasteiger partial charge in [-0.25, -0.2) is 0 Å². The Kier molecular flexibility index (Phi) is 5.33. The molecular formula is C23H25NO5S. The van der Waals surface area contributed by atoms with Crippen LogP contribution in [0.2, 0.25) is 0 Å². The summed E-state index contributed by atoms with van der Waals surface area (Å²) in [6.07, 6.45) is -1.58. The van der Waals surface area contributed by atoms with Gasteiger partial charge in [0.05, 0.1) is 12.4 Å². The highest BCUT2D eigenvalue weighted by Gasteiger charge is 2.59. The lowest BCUT2D eigenvalue weighted by Crippen LogP contribution is -2.48. The molecule has 158 valence electrons. The van der Waals surface area contributed by atoms with Crippen LogP contribution >= 0.6 is 11.8 Å². The van der Waals surface area contributed by atoms with E-state index >= 15 is 0 Å². The number of carbonyl (C=O) groups is 1. The lowest BCUT2D eigenvalue weighted by Gasteiger charge is -2.33. The topological polar surface area (TPSA) is 57.2 Å². The number of ether oxygens (including phenoxy) is 4. The second kappa shape index (κ2) is 7.98. The normalized spacial score (nSPS) is 32.5. The first-order valence-corrected chi connectivity index (χ1v) is 11.2. The van der Waals surface area contributed by atoms with Crippen LogP contribution in [0, 0.1) is 0 Å². The van der Waals surface area contributed by atoms with E-state index in [9.17, 15) is 4.79 Å². The number of hydrogen-bond acceptors (Lipinski definition) is 6. The quantitative estimate of drug-likeness (QED) is 0.727. The van der Waals surface area contributed by atoms with Gasteiger partial charge in [-0.15, -0.1) is 11.8 Å². The van der Waals surface area contributed by atoms with Gasteiger partial charge in [0.25, 0.3) is 0 Å². The monoisotopic (exact) mass is 427 g/mol. The summed E-state index contributed by atoms with van der Waals surface area (Å²) >= 11 is 1.57. The van der Waals surface area contributed by atoms with Crippen molar-refractivity contribution in [3.8, 4) is 0 Å². The summed E-state index contributed by atoms with van der Waals surface area (Å²) in [5, 5.41) is -0.207. The van der Waals surface area contributed by atoms with Crippen molar-refractivity contribution in [2.75, 3.05) is 10.7 Å². The molecule has 0 spiro atoms. The van der Waals surface area contributed by atoms with E-state index in [-0.39, 0.29) is 29.6 Å². The van der Waals surface area contributed by atoms with Crippen LogP contribution in [-0.2, 0) is 30.3 Å². The van der Waals surface area contributed by atoms with E-state index in [1.54, 1.807) is 11.8 Å². The number of nitrogens with zero attached hydrogens (tertiary/aromatic N) is 1. The summed E-state index contributed by atoms with van der Waals surface area (Å²) in [7, 11) is 0. The predicted molar refractivity (Wildman–Crippen MR) is 114 cm³/mol. The molecule has 3 saturated heterocycles. The van der Waals surface area contributed by atoms with E-state index in [1.807, 2.05) is 79.4 Å². The molecule has 5 atom stereocenters. The Hall–Kier alpha value is -1.90. The predicted octanol–water partition coefficient (Wildman–Crippen LogP) is 3.55. The molecule has 6 nitrogen and oxygen atoms in total. The summed E-state index contributed by atoms with van der Waals surface area (Å²) in [6.45, 7) is 4.19. The van der Waals surface area contributed by atoms with Crippen LogP contribution < -0.4 is 4.90 Å². The van der Waals surface area contributed by atoms with Crippen molar-refractivity contribution < 1.29 is 23.7 Å². The highest BCUT2D eigenvalue weighted by Crippen LogP contribution is 2.44. The molecule has 0 radical (unpaired) electrons. The van der Waals surface area contributed by atoms with Crippen LogP contribution in [0.15, 0.2) is 60.7 Å². The number of fused-ring (bicyclic) bond motifs is 1. The smallest absolute Gasteiger partial charge is 0.238 e. The molecule has 0 saturated carbocycles. The molecule has 3 fully saturated rings. The third-order valence-corrected chi connectivity index (χ3v) is 6.76. The van der Waals surface area contributed by atoms with Gasteiger partial charge in [0, 0.05) is 5.69 Å². The average Bonchev–Trinajstić information content (AvgIpc) is 3.37. The molecular weight excluding hydrogens is 402 g/mol. The van der Waals surface area contributed by atoms with Gasteiger partial charge in [0.1, 0.15) is 23.7 Å². The average molecular weight is 428 g/mol. The molecule has 7 heteroatoms. The standard InChI is InChI=1S/C23H25NO5S/c1-23(2)28-20-18(26-13-15-9-5-3-6-10-15)19(27-22(20)29-23)21-24(17(25)14-30-21)16-11-7-4-8-12-16/h3-12,18-22H,13-14H2,1-2H3/t18-,19+,20-,21+,22-/m1/s1.